The van der Waals surface area contributed by atoms with Crippen LogP contribution in [-0.2, 0) is 22.8 Å². The van der Waals surface area contributed by atoms with Crippen molar-refractivity contribution < 1.29 is 23.9 Å². The number of ether oxygens (including phenoxy) is 2. The van der Waals surface area contributed by atoms with E-state index in [1.54, 1.807) is 30.5 Å². The normalized spacial score (nSPS) is 12.4. The van der Waals surface area contributed by atoms with Gasteiger partial charge in [0.05, 0.1) is 5.56 Å². The van der Waals surface area contributed by atoms with Gasteiger partial charge in [-0.2, -0.15) is 0 Å². The predicted octanol–water partition coefficient (Wildman–Crippen LogP) is 5.41. The average Bonchev–Trinajstić information content (AvgIpc) is 3.39. The first-order valence-corrected chi connectivity index (χ1v) is 12.9. The van der Waals surface area contributed by atoms with Crippen LogP contribution < -0.4 is 14.8 Å². The van der Waals surface area contributed by atoms with Crippen molar-refractivity contribution in [3.8, 4) is 11.5 Å². The Morgan fingerprint density at radius 1 is 0.816 bits per heavy atom. The van der Waals surface area contributed by atoms with Gasteiger partial charge in [0.2, 0.25) is 11.8 Å². The van der Waals surface area contributed by atoms with Crippen molar-refractivity contribution in [2.45, 2.75) is 45.3 Å². The summed E-state index contributed by atoms with van der Waals surface area (Å²) in [4.78, 5) is 38.0. The van der Waals surface area contributed by atoms with E-state index in [2.05, 4.69) is 5.32 Å². The second kappa shape index (κ2) is 13.8. The van der Waals surface area contributed by atoms with Crippen LogP contribution in [0.4, 0.5) is 0 Å². The number of rotatable bonds is 13. The lowest BCUT2D eigenvalue weighted by Gasteiger charge is -2.14. The molecule has 38 heavy (non-hydrogen) atoms. The van der Waals surface area contributed by atoms with Gasteiger partial charge in [0.15, 0.2) is 0 Å². The van der Waals surface area contributed by atoms with Crippen molar-refractivity contribution >= 4 is 17.7 Å². The van der Waals surface area contributed by atoms with Crippen LogP contribution in [0.15, 0.2) is 91.1 Å². The molecule has 0 fully saturated rings. The van der Waals surface area contributed by atoms with Crippen molar-refractivity contribution in [2.75, 3.05) is 6.54 Å². The maximum absolute atomic E-state index is 13.1. The Morgan fingerprint density at radius 3 is 2.16 bits per heavy atom. The molecular weight excluding hydrogens is 480 g/mol. The van der Waals surface area contributed by atoms with E-state index in [1.165, 1.54) is 4.90 Å². The molecule has 1 heterocycles. The number of nitrogens with one attached hydrogen (secondary N) is 1. The first-order chi connectivity index (χ1) is 18.6. The average molecular weight is 513 g/mol. The van der Waals surface area contributed by atoms with Gasteiger partial charge in [-0.3, -0.25) is 19.3 Å². The zero-order valence-electron chi connectivity index (χ0n) is 21.3. The molecule has 1 N–H and O–H groups in total. The van der Waals surface area contributed by atoms with Crippen molar-refractivity contribution in [3.63, 3.8) is 0 Å². The van der Waals surface area contributed by atoms with Crippen LogP contribution >= 0.6 is 0 Å². The molecule has 0 aliphatic carbocycles. The third-order valence-corrected chi connectivity index (χ3v) is 6.12. The fourth-order valence-corrected chi connectivity index (χ4v) is 4.04. The Balaban J connectivity index is 1.31. The Hall–Kier alpha value is -4.39. The Kier molecular flexibility index (Phi) is 9.68. The molecule has 7 heteroatoms. The minimum atomic E-state index is -0.248. The highest BCUT2D eigenvalue weighted by atomic mass is 16.5. The van der Waals surface area contributed by atoms with E-state index < -0.39 is 0 Å². The molecule has 0 bridgehead atoms. The Bertz CT molecular complexity index is 1260. The molecule has 0 saturated carbocycles. The number of hydrogen-bond donors (Lipinski definition) is 1. The molecule has 196 valence electrons. The van der Waals surface area contributed by atoms with Crippen molar-refractivity contribution in [1.29, 1.82) is 0 Å². The highest BCUT2D eigenvalue weighted by Gasteiger charge is 2.21. The minimum Gasteiger partial charge on any atom is -0.489 e. The molecule has 3 aromatic rings. The van der Waals surface area contributed by atoms with E-state index in [9.17, 15) is 14.4 Å². The maximum Gasteiger partial charge on any atom is 0.255 e. The summed E-state index contributed by atoms with van der Waals surface area (Å²) in [7, 11) is 0. The van der Waals surface area contributed by atoms with Crippen LogP contribution in [-0.4, -0.2) is 29.2 Å². The molecule has 0 radical (unpaired) electrons. The summed E-state index contributed by atoms with van der Waals surface area (Å²) in [6, 6.07) is 24.9. The number of amides is 3. The third kappa shape index (κ3) is 7.80. The Morgan fingerprint density at radius 2 is 1.50 bits per heavy atom. The molecular formula is C31H32N2O5. The summed E-state index contributed by atoms with van der Waals surface area (Å²) in [6.45, 7) is 1.19. The molecule has 0 atom stereocenters. The molecule has 0 aromatic heterocycles. The van der Waals surface area contributed by atoms with Crippen LogP contribution in [0, 0.1) is 0 Å². The summed E-state index contributed by atoms with van der Waals surface area (Å²) in [5, 5.41) is 2.95. The first kappa shape index (κ1) is 26.7. The lowest BCUT2D eigenvalue weighted by atomic mass is 10.1. The number of carbonyl (C=O) groups is 3. The molecule has 3 aromatic carbocycles. The summed E-state index contributed by atoms with van der Waals surface area (Å²) in [6.07, 6.45) is 5.95. The van der Waals surface area contributed by atoms with Crippen molar-refractivity contribution in [1.82, 2.24) is 10.2 Å². The minimum absolute atomic E-state index is 0.178. The summed E-state index contributed by atoms with van der Waals surface area (Å²) < 4.78 is 11.9. The summed E-state index contributed by atoms with van der Waals surface area (Å²) >= 11 is 0. The summed E-state index contributed by atoms with van der Waals surface area (Å²) in [5.74, 6) is 0.451. The topological polar surface area (TPSA) is 84.9 Å². The molecule has 0 saturated heterocycles. The fourth-order valence-electron chi connectivity index (χ4n) is 4.04. The summed E-state index contributed by atoms with van der Waals surface area (Å²) in [5.41, 5.74) is 2.44. The van der Waals surface area contributed by atoms with Crippen molar-refractivity contribution in [3.05, 3.63) is 108 Å². The van der Waals surface area contributed by atoms with Gasteiger partial charge in [0, 0.05) is 25.6 Å². The zero-order valence-corrected chi connectivity index (χ0v) is 21.3. The van der Waals surface area contributed by atoms with Crippen LogP contribution in [0.25, 0.3) is 0 Å². The quantitative estimate of drug-likeness (QED) is 0.310. The molecule has 4 rings (SSSR count). The molecule has 1 aliphatic heterocycles. The second-order valence-electron chi connectivity index (χ2n) is 9.02. The van der Waals surface area contributed by atoms with Gasteiger partial charge >= 0.3 is 0 Å². The van der Waals surface area contributed by atoms with E-state index in [0.29, 0.717) is 56.1 Å². The number of hydrogen-bond acceptors (Lipinski definition) is 5. The smallest absolute Gasteiger partial charge is 0.255 e. The fraction of sp³-hybridized carbons (Fsp3) is 0.258. The van der Waals surface area contributed by atoms with Gasteiger partial charge in [-0.1, -0.05) is 73.2 Å². The first-order valence-electron chi connectivity index (χ1n) is 12.9. The van der Waals surface area contributed by atoms with Crippen LogP contribution in [0.3, 0.4) is 0 Å². The van der Waals surface area contributed by atoms with Crippen LogP contribution in [0.1, 0.15) is 53.6 Å². The maximum atomic E-state index is 13.1. The van der Waals surface area contributed by atoms with Crippen LogP contribution in [0.2, 0.25) is 0 Å². The predicted molar refractivity (Wildman–Crippen MR) is 144 cm³/mol. The monoisotopic (exact) mass is 512 g/mol. The van der Waals surface area contributed by atoms with E-state index in [0.717, 1.165) is 17.5 Å². The van der Waals surface area contributed by atoms with Gasteiger partial charge in [-0.25, -0.2) is 0 Å². The van der Waals surface area contributed by atoms with Gasteiger partial charge in [-0.15, -0.1) is 0 Å². The second-order valence-corrected chi connectivity index (χ2v) is 9.02. The molecule has 0 spiro atoms. The Labute approximate surface area is 223 Å². The number of carbonyl (C=O) groups excluding carboxylic acids is 3. The molecule has 1 aliphatic rings. The standard InChI is InChI=1S/C31H32N2O5/c34-29(33-20-10-16-30(33)35)15-8-3-9-19-32-31(36)27-21-26(37-22-24-11-4-1-5-12-24)17-18-28(27)38-23-25-13-6-2-7-14-25/h1-2,4-7,10-14,17-18,20-21H,3,8-9,15-16,19,22-23H2,(H,32,36). The van der Waals surface area contributed by atoms with E-state index in [4.69, 9.17) is 9.47 Å². The number of nitrogens with zero attached hydrogens (tertiary/aromatic N) is 1. The van der Waals surface area contributed by atoms with E-state index in [-0.39, 0.29) is 24.1 Å². The highest BCUT2D eigenvalue weighted by molar-refractivity contribution is 5.99. The van der Waals surface area contributed by atoms with Crippen LogP contribution in [0.5, 0.6) is 11.5 Å². The van der Waals surface area contributed by atoms with Gasteiger partial charge in [0.1, 0.15) is 24.7 Å². The zero-order chi connectivity index (χ0) is 26.6. The van der Waals surface area contributed by atoms with E-state index in [1.807, 2.05) is 60.7 Å². The van der Waals surface area contributed by atoms with Gasteiger partial charge < -0.3 is 14.8 Å². The molecule has 7 nitrogen and oxygen atoms in total. The highest BCUT2D eigenvalue weighted by Crippen LogP contribution is 2.26. The molecule has 0 unspecified atom stereocenters. The van der Waals surface area contributed by atoms with Crippen molar-refractivity contribution in [2.24, 2.45) is 0 Å². The third-order valence-electron chi connectivity index (χ3n) is 6.12. The van der Waals surface area contributed by atoms with E-state index >= 15 is 0 Å². The number of benzene rings is 3. The largest absolute Gasteiger partial charge is 0.489 e. The number of unbranched alkanes of at least 4 members (excludes halogenated alkanes) is 2. The van der Waals surface area contributed by atoms with Gasteiger partial charge in [0.25, 0.3) is 5.91 Å². The molecule has 3 amide bonds. The lowest BCUT2D eigenvalue weighted by Crippen LogP contribution is -2.28. The lowest BCUT2D eigenvalue weighted by molar-refractivity contribution is -0.140. The van der Waals surface area contributed by atoms with Gasteiger partial charge in [-0.05, 0) is 42.2 Å². The number of imide groups is 1. The SMILES string of the molecule is O=C(NCCCCCC(=O)N1C=CCC1=O)c1cc(OCc2ccccc2)ccc1OCc1ccccc1.